The van der Waals surface area contributed by atoms with Crippen LogP contribution in [0.1, 0.15) is 0 Å². The molecule has 0 aliphatic carbocycles. The molecule has 0 aliphatic rings. The topological polar surface area (TPSA) is 22.8 Å². The third kappa shape index (κ3) is 4.39. The van der Waals surface area contributed by atoms with Gasteiger partial charge in [-0.2, -0.15) is 0 Å². The van der Waals surface area contributed by atoms with Crippen LogP contribution in [0.25, 0.3) is 119 Å². The maximum Gasteiger partial charge on any atom is 0.124 e. The van der Waals surface area contributed by atoms with Crippen LogP contribution in [0.15, 0.2) is 188 Å². The molecule has 13 rings (SSSR count). The van der Waals surface area contributed by atoms with Gasteiger partial charge in [-0.15, -0.1) is 11.3 Å². The second kappa shape index (κ2) is 11.6. The number of nitrogens with zero attached hydrogens (tertiary/aromatic N) is 3. The lowest BCUT2D eigenvalue weighted by molar-refractivity contribution is 1.17. The monoisotopic (exact) mass is 741 g/mol. The standard InChI is InChI=1S/C53H31N3S/c1-2-12-35(13-3-1)53-54-52-48(57-53)29-22-34-18-19-36-30-37(23-25-41(36)49(34)52)55-44-17-9-8-16-42(44)43-31-38(24-28-45(43)55)56-46-26-20-32-10-4-6-14-39(32)50(46)51-40-15-7-5-11-33(40)21-27-47(51)56/h1-31H. The molecule has 0 fully saturated rings. The normalized spacial score (nSPS) is 12.2. The quantitative estimate of drug-likeness (QED) is 0.165. The van der Waals surface area contributed by atoms with Crippen molar-refractivity contribution in [2.75, 3.05) is 0 Å². The molecule has 3 aromatic heterocycles. The van der Waals surface area contributed by atoms with Gasteiger partial charge >= 0.3 is 0 Å². The van der Waals surface area contributed by atoms with Crippen molar-refractivity contribution in [3.63, 3.8) is 0 Å². The van der Waals surface area contributed by atoms with Gasteiger partial charge in [0.2, 0.25) is 0 Å². The minimum absolute atomic E-state index is 1.05. The molecule has 0 unspecified atom stereocenters. The molecular formula is C53H31N3S. The fourth-order valence-corrected chi connectivity index (χ4v) is 10.6. The van der Waals surface area contributed by atoms with Crippen molar-refractivity contribution in [1.82, 2.24) is 14.1 Å². The largest absolute Gasteiger partial charge is 0.309 e. The summed E-state index contributed by atoms with van der Waals surface area (Å²) in [6.45, 7) is 0. The van der Waals surface area contributed by atoms with E-state index >= 15 is 0 Å². The Labute approximate surface area is 330 Å². The summed E-state index contributed by atoms with van der Waals surface area (Å²) in [7, 11) is 0. The Morgan fingerprint density at radius 2 is 0.895 bits per heavy atom. The number of rotatable bonds is 3. The Bertz CT molecular complexity index is 3720. The zero-order valence-electron chi connectivity index (χ0n) is 30.6. The fourth-order valence-electron chi connectivity index (χ4n) is 9.57. The van der Waals surface area contributed by atoms with Gasteiger partial charge in [-0.05, 0) is 92.3 Å². The summed E-state index contributed by atoms with van der Waals surface area (Å²) in [6, 6.07) is 69.0. The Hall–Kier alpha value is -7.27. The van der Waals surface area contributed by atoms with Gasteiger partial charge in [-0.3, -0.25) is 0 Å². The van der Waals surface area contributed by atoms with Gasteiger partial charge in [0.1, 0.15) is 5.01 Å². The number of benzene rings is 10. The summed E-state index contributed by atoms with van der Waals surface area (Å²) in [5.41, 5.74) is 9.35. The summed E-state index contributed by atoms with van der Waals surface area (Å²) in [6.07, 6.45) is 0. The molecule has 0 amide bonds. The zero-order chi connectivity index (χ0) is 37.2. The molecule has 57 heavy (non-hydrogen) atoms. The van der Waals surface area contributed by atoms with E-state index in [0.717, 1.165) is 27.5 Å². The highest BCUT2D eigenvalue weighted by atomic mass is 32.1. The molecule has 0 bridgehead atoms. The number of aromatic nitrogens is 3. The molecule has 3 heterocycles. The molecule has 13 aromatic rings. The first-order valence-corrected chi connectivity index (χ1v) is 20.3. The first kappa shape index (κ1) is 31.0. The first-order valence-electron chi connectivity index (χ1n) is 19.5. The highest BCUT2D eigenvalue weighted by molar-refractivity contribution is 7.21. The average Bonchev–Trinajstić information content (AvgIpc) is 3.97. The zero-order valence-corrected chi connectivity index (χ0v) is 31.5. The minimum Gasteiger partial charge on any atom is -0.309 e. The van der Waals surface area contributed by atoms with Crippen LogP contribution in [0.3, 0.4) is 0 Å². The van der Waals surface area contributed by atoms with Crippen molar-refractivity contribution in [2.24, 2.45) is 0 Å². The molecule has 0 radical (unpaired) electrons. The summed E-state index contributed by atoms with van der Waals surface area (Å²) in [4.78, 5) is 5.22. The second-order valence-corrected chi connectivity index (χ2v) is 16.1. The first-order chi connectivity index (χ1) is 28.3. The predicted octanol–water partition coefficient (Wildman–Crippen LogP) is 14.8. The maximum absolute atomic E-state index is 5.22. The van der Waals surface area contributed by atoms with Crippen molar-refractivity contribution < 1.29 is 0 Å². The van der Waals surface area contributed by atoms with Crippen LogP contribution >= 0.6 is 11.3 Å². The lowest BCUT2D eigenvalue weighted by Gasteiger charge is -2.12. The molecule has 0 N–H and O–H groups in total. The Morgan fingerprint density at radius 1 is 0.351 bits per heavy atom. The van der Waals surface area contributed by atoms with Crippen molar-refractivity contribution in [2.45, 2.75) is 0 Å². The van der Waals surface area contributed by atoms with Gasteiger partial charge < -0.3 is 9.13 Å². The maximum atomic E-state index is 5.22. The molecule has 3 nitrogen and oxygen atoms in total. The summed E-state index contributed by atoms with van der Waals surface area (Å²) < 4.78 is 6.11. The van der Waals surface area contributed by atoms with Gasteiger partial charge in [0, 0.05) is 43.9 Å². The molecule has 0 saturated carbocycles. The molecule has 0 saturated heterocycles. The van der Waals surface area contributed by atoms with E-state index < -0.39 is 0 Å². The van der Waals surface area contributed by atoms with Gasteiger partial charge in [0.15, 0.2) is 0 Å². The minimum atomic E-state index is 1.05. The highest BCUT2D eigenvalue weighted by Gasteiger charge is 2.20. The van der Waals surface area contributed by atoms with Gasteiger partial charge in [0.05, 0.1) is 32.3 Å². The Balaban J connectivity index is 1.03. The van der Waals surface area contributed by atoms with Gasteiger partial charge in [-0.1, -0.05) is 133 Å². The van der Waals surface area contributed by atoms with Crippen LogP contribution in [0.4, 0.5) is 0 Å². The third-order valence-electron chi connectivity index (χ3n) is 12.1. The SMILES string of the molecule is c1ccc(-c2nc3c(ccc4ccc5cc(-n6c7ccccc7c7cc(-n8c9ccc%10ccccc%10c9c9c%10ccccc%10ccc98)ccc76)ccc5c43)s2)cc1. The van der Waals surface area contributed by atoms with Crippen molar-refractivity contribution >= 4 is 108 Å². The van der Waals surface area contributed by atoms with Crippen LogP contribution in [-0.4, -0.2) is 14.1 Å². The van der Waals surface area contributed by atoms with Crippen LogP contribution in [0.5, 0.6) is 0 Å². The van der Waals surface area contributed by atoms with Crippen molar-refractivity contribution in [1.29, 1.82) is 0 Å². The molecule has 264 valence electrons. The van der Waals surface area contributed by atoms with E-state index in [2.05, 4.69) is 197 Å². The van der Waals surface area contributed by atoms with E-state index in [-0.39, 0.29) is 0 Å². The lowest BCUT2D eigenvalue weighted by Crippen LogP contribution is -1.96. The van der Waals surface area contributed by atoms with Crippen LogP contribution in [-0.2, 0) is 0 Å². The fraction of sp³-hybridized carbons (Fsp3) is 0. The van der Waals surface area contributed by atoms with Crippen LogP contribution in [0, 0.1) is 0 Å². The summed E-state index contributed by atoms with van der Waals surface area (Å²) in [5.74, 6) is 0. The molecule has 0 atom stereocenters. The van der Waals surface area contributed by atoms with E-state index in [1.807, 2.05) is 0 Å². The summed E-state index contributed by atoms with van der Waals surface area (Å²) in [5, 5.41) is 16.1. The van der Waals surface area contributed by atoms with Gasteiger partial charge in [-0.25, -0.2) is 4.98 Å². The number of hydrogen-bond acceptors (Lipinski definition) is 2. The average molecular weight is 742 g/mol. The summed E-state index contributed by atoms with van der Waals surface area (Å²) >= 11 is 1.76. The number of thiazole rings is 1. The molecule has 0 spiro atoms. The molecular weight excluding hydrogens is 711 g/mol. The lowest BCUT2D eigenvalue weighted by atomic mass is 10.00. The molecule has 0 aliphatic heterocycles. The van der Waals surface area contributed by atoms with E-state index in [0.29, 0.717) is 0 Å². The predicted molar refractivity (Wildman–Crippen MR) is 244 cm³/mol. The van der Waals surface area contributed by atoms with Gasteiger partial charge in [0.25, 0.3) is 0 Å². The van der Waals surface area contributed by atoms with Crippen molar-refractivity contribution in [3.8, 4) is 21.9 Å². The number of para-hydroxylation sites is 1. The van der Waals surface area contributed by atoms with E-state index in [4.69, 9.17) is 4.98 Å². The van der Waals surface area contributed by atoms with Crippen LogP contribution in [0.2, 0.25) is 0 Å². The Kier molecular flexibility index (Phi) is 6.32. The van der Waals surface area contributed by atoms with E-state index in [1.54, 1.807) is 11.3 Å². The van der Waals surface area contributed by atoms with Crippen molar-refractivity contribution in [3.05, 3.63) is 188 Å². The number of hydrogen-bond donors (Lipinski definition) is 0. The number of fused-ring (bicyclic) bond motifs is 15. The highest BCUT2D eigenvalue weighted by Crippen LogP contribution is 2.43. The third-order valence-corrected chi connectivity index (χ3v) is 13.1. The van der Waals surface area contributed by atoms with Crippen LogP contribution < -0.4 is 0 Å². The Morgan fingerprint density at radius 3 is 1.67 bits per heavy atom. The second-order valence-electron chi connectivity index (χ2n) is 15.1. The molecule has 10 aromatic carbocycles. The van der Waals surface area contributed by atoms with E-state index in [1.165, 1.54) is 91.4 Å². The molecule has 4 heteroatoms. The smallest absolute Gasteiger partial charge is 0.124 e. The van der Waals surface area contributed by atoms with E-state index in [9.17, 15) is 0 Å².